The zero-order valence-corrected chi connectivity index (χ0v) is 75.9. The number of benzene rings is 3. The number of hydrogen-bond donors (Lipinski definition) is 25. The summed E-state index contributed by atoms with van der Waals surface area (Å²) in [5, 5.41) is 128. The summed E-state index contributed by atoms with van der Waals surface area (Å²) < 4.78 is 0. The third kappa shape index (κ3) is 40.7. The summed E-state index contributed by atoms with van der Waals surface area (Å²) in [7, 11) is 0. The molecule has 1 aliphatic rings. The molecule has 47 heteroatoms. The summed E-state index contributed by atoms with van der Waals surface area (Å²) in [6.07, 6.45) is -6.11. The maximum absolute atomic E-state index is 14.7. The second-order valence-electron chi connectivity index (χ2n) is 32.8. The number of likely N-dealkylation sites (tertiary alicyclic amines) is 1. The summed E-state index contributed by atoms with van der Waals surface area (Å²) >= 11 is 0.799. The van der Waals surface area contributed by atoms with Crippen molar-refractivity contribution >= 4 is 130 Å². The molecule has 3 aromatic rings. The van der Waals surface area contributed by atoms with E-state index in [2.05, 4.69) is 79.8 Å². The number of hydrogen-bond acceptors (Lipinski definition) is 28. The van der Waals surface area contributed by atoms with Crippen molar-refractivity contribution in [3.8, 4) is 11.5 Å². The van der Waals surface area contributed by atoms with E-state index in [-0.39, 0.29) is 91.7 Å². The Hall–Kier alpha value is -13.0. The van der Waals surface area contributed by atoms with Crippen molar-refractivity contribution in [1.82, 2.24) is 84.7 Å². The fraction of sp³-hybridized carbons (Fsp3) is 0.558. The van der Waals surface area contributed by atoms with Gasteiger partial charge in [0.05, 0.1) is 56.3 Å². The van der Waals surface area contributed by atoms with Crippen LogP contribution in [0.15, 0.2) is 78.9 Å². The second-order valence-corrected chi connectivity index (χ2v) is 33.7. The highest BCUT2D eigenvalue weighted by atomic mass is 32.2. The third-order valence-corrected chi connectivity index (χ3v) is 21.8. The molecule has 46 nitrogen and oxygen atoms in total. The number of rotatable bonds is 59. The maximum atomic E-state index is 14.7. The van der Waals surface area contributed by atoms with E-state index in [1.165, 1.54) is 67.6 Å². The molecule has 0 bridgehead atoms. The highest BCUT2D eigenvalue weighted by Gasteiger charge is 2.41. The van der Waals surface area contributed by atoms with E-state index in [4.69, 9.17) is 5.73 Å². The SMILES string of the molecule is CC[C@H](C)[C@H](NC(=O)[C@H](CO)NC(=O)[C@H](Cc1ccc(O)cc1)NC(=O)[C@H](CC(=O)O)NC(=O)[C@H](CO)NC(=O)[C@@H](NC(=O)[C@H](Cc1ccccc1)NC(=O)[C@@H](NC(=O)CNC(=O)[C@H](CCC(=O)O)NC(=O)CSCC(=O)NCCN1C(=O)CC(C)CC1=O)[C@@H](C)O)[C@@H](C)O)C(=O)N[C@@H](Cc1ccc(O)cc1)C(=O)N[C@@H](CC(C)C)C(=O)N[C@@H](CC(=O)O)C(=O)N[C@H](C)CCCCN. The van der Waals surface area contributed by atoms with Crippen LogP contribution >= 0.6 is 11.8 Å². The number of imide groups is 1. The molecule has 16 atom stereocenters. The fourth-order valence-electron chi connectivity index (χ4n) is 13.4. The van der Waals surface area contributed by atoms with Crippen molar-refractivity contribution in [3.05, 3.63) is 95.6 Å². The largest absolute Gasteiger partial charge is 0.508 e. The number of piperidine rings is 1. The van der Waals surface area contributed by atoms with Gasteiger partial charge in [-0.3, -0.25) is 101 Å². The number of unbranched alkanes of at least 4 members (excludes halogenated alkanes) is 1. The van der Waals surface area contributed by atoms with Gasteiger partial charge in [0.2, 0.25) is 100 Å². The molecule has 133 heavy (non-hydrogen) atoms. The second kappa shape index (κ2) is 57.3. The Bertz CT molecular complexity index is 4480. The van der Waals surface area contributed by atoms with Crippen LogP contribution in [-0.2, 0) is 115 Å². The van der Waals surface area contributed by atoms with Gasteiger partial charge < -0.3 is 131 Å². The number of thioether (sulfide) groups is 1. The first kappa shape index (κ1) is 112. The predicted molar refractivity (Wildman–Crippen MR) is 474 cm³/mol. The van der Waals surface area contributed by atoms with Crippen LogP contribution in [0.3, 0.4) is 0 Å². The van der Waals surface area contributed by atoms with Gasteiger partial charge in [-0.1, -0.05) is 102 Å². The molecule has 3 aromatic carbocycles. The Labute approximate surface area is 770 Å². The first-order valence-corrected chi connectivity index (χ1v) is 44.3. The first-order valence-electron chi connectivity index (χ1n) is 43.2. The number of carbonyl (C=O) groups is 20. The Balaban J connectivity index is 1.52. The van der Waals surface area contributed by atoms with Gasteiger partial charge in [-0.2, -0.15) is 0 Å². The third-order valence-electron chi connectivity index (χ3n) is 20.8. The number of aromatic hydroxyl groups is 2. The standard InChI is InChI=1S/C86H125N17O29S/c1-9-46(5)72(84(130)96-58(36-52-20-24-54(109)25-21-52)78(124)92-56(31-44(2)3)77(123)94-60(37-70(117)118)76(122)90-47(6)15-13-14-28-87)101-83(129)63(41-105)98-79(125)57(35-51-18-22-53(108)23-19-51)93-80(126)61(38-71(119)120)95-82(128)62(40-104)99-86(132)74(49(8)107)102-81(127)59(34-50-16-11-10-12-17-50)97-85(131)73(48(7)106)100-64(110)39-89-75(121)55(26-27-69(115)116)91-66(112)43-133-42-65(111)88-29-30-103-67(113)32-45(4)33-68(103)114/h10-12,16-25,44-49,55-63,72-74,104-109H,9,13-15,26-43,87H2,1-8H3,(H,88,111)(H,89,121)(H,90,122)(H,91,112)(H,92,124)(H,93,126)(H,94,123)(H,95,128)(H,96,130)(H,97,131)(H,98,125)(H,99,132)(H,100,110)(H,101,129)(H,102,127)(H,115,116)(H,117,118)(H,119,120)/t46-,47+,48+,49+,55-,56-,57-,58-,59-,60-,61-,62-,63-,72-,73-,74-/m0/s1. The lowest BCUT2D eigenvalue weighted by Gasteiger charge is -2.30. The molecule has 1 heterocycles. The summed E-state index contributed by atoms with van der Waals surface area (Å²) in [5.74, 6) is -24.6. The smallest absolute Gasteiger partial charge is 0.305 e. The molecular weight excluding hydrogens is 1770 g/mol. The molecule has 1 aliphatic heterocycles. The summed E-state index contributed by atoms with van der Waals surface area (Å²) in [6.45, 7) is 8.77. The van der Waals surface area contributed by atoms with Crippen LogP contribution in [0.2, 0.25) is 0 Å². The van der Waals surface area contributed by atoms with Gasteiger partial charge in [0.15, 0.2) is 0 Å². The van der Waals surface area contributed by atoms with Crippen LogP contribution in [-0.4, -0.2) is 311 Å². The molecule has 4 rings (SSSR count). The van der Waals surface area contributed by atoms with Gasteiger partial charge >= 0.3 is 17.9 Å². The number of carbonyl (C=O) groups excluding carboxylic acids is 17. The quantitative estimate of drug-likeness (QED) is 0.0185. The van der Waals surface area contributed by atoms with Gasteiger partial charge in [-0.15, -0.1) is 11.8 Å². The number of nitrogens with zero attached hydrogens (tertiary/aromatic N) is 1. The number of nitrogens with one attached hydrogen (secondary N) is 15. The minimum atomic E-state index is -2.23. The first-order chi connectivity index (χ1) is 62.8. The summed E-state index contributed by atoms with van der Waals surface area (Å²) in [4.78, 5) is 271. The van der Waals surface area contributed by atoms with Gasteiger partial charge in [-0.25, -0.2) is 0 Å². The molecule has 0 spiro atoms. The molecule has 0 saturated carbocycles. The van der Waals surface area contributed by atoms with E-state index in [1.807, 2.05) is 0 Å². The number of phenolic OH excluding ortho intramolecular Hbond substituents is 2. The average Bonchev–Trinajstić information content (AvgIpc) is 0.865. The highest BCUT2D eigenvalue weighted by Crippen LogP contribution is 2.21. The van der Waals surface area contributed by atoms with Crippen molar-refractivity contribution in [1.29, 1.82) is 0 Å². The topological polar surface area (TPSA) is 733 Å². The molecule has 1 saturated heterocycles. The van der Waals surface area contributed by atoms with E-state index in [9.17, 15) is 142 Å². The Morgan fingerprint density at radius 2 is 0.827 bits per heavy atom. The van der Waals surface area contributed by atoms with E-state index in [1.54, 1.807) is 52.8 Å². The van der Waals surface area contributed by atoms with Crippen LogP contribution in [0.4, 0.5) is 0 Å². The number of aliphatic hydroxyl groups excluding tert-OH is 4. The number of amides is 17. The van der Waals surface area contributed by atoms with Crippen LogP contribution in [0, 0.1) is 17.8 Å². The average molecular weight is 1890 g/mol. The molecular formula is C86H125N17O29S. The summed E-state index contributed by atoms with van der Waals surface area (Å²) in [5.41, 5.74) is 6.48. The van der Waals surface area contributed by atoms with E-state index in [0.717, 1.165) is 30.5 Å². The molecule has 734 valence electrons. The van der Waals surface area contributed by atoms with Crippen molar-refractivity contribution in [3.63, 3.8) is 0 Å². The molecule has 1 fully saturated rings. The molecule has 0 aromatic heterocycles. The lowest BCUT2D eigenvalue weighted by atomic mass is 9.96. The van der Waals surface area contributed by atoms with Gasteiger partial charge in [-0.05, 0) is 112 Å². The monoisotopic (exact) mass is 1890 g/mol. The van der Waals surface area contributed by atoms with Crippen molar-refractivity contribution in [2.45, 2.75) is 236 Å². The normalized spacial score (nSPS) is 15.6. The van der Waals surface area contributed by atoms with Crippen molar-refractivity contribution in [2.75, 3.05) is 50.9 Å². The van der Waals surface area contributed by atoms with Crippen LogP contribution in [0.5, 0.6) is 11.5 Å². The Morgan fingerprint density at radius 3 is 1.29 bits per heavy atom. The predicted octanol–water partition coefficient (Wildman–Crippen LogP) is -6.02. The number of aliphatic hydroxyl groups is 4. The van der Waals surface area contributed by atoms with Crippen LogP contribution in [0.25, 0.3) is 0 Å². The van der Waals surface area contributed by atoms with Gasteiger partial charge in [0.1, 0.15) is 84.0 Å². The zero-order valence-electron chi connectivity index (χ0n) is 75.1. The maximum Gasteiger partial charge on any atom is 0.305 e. The Kier molecular flexibility index (Phi) is 48.4. The highest BCUT2D eigenvalue weighted by molar-refractivity contribution is 8.00. The van der Waals surface area contributed by atoms with Gasteiger partial charge in [0.25, 0.3) is 0 Å². The lowest BCUT2D eigenvalue weighted by Crippen LogP contribution is -2.63. The minimum absolute atomic E-state index is 0.0633. The molecule has 0 aliphatic carbocycles. The van der Waals surface area contributed by atoms with Crippen LogP contribution in [0.1, 0.15) is 143 Å². The number of nitrogens with two attached hydrogens (primary N) is 1. The van der Waals surface area contributed by atoms with E-state index < -0.39 is 267 Å². The van der Waals surface area contributed by atoms with E-state index >= 15 is 0 Å². The van der Waals surface area contributed by atoms with Crippen molar-refractivity contribution < 1.29 is 142 Å². The minimum Gasteiger partial charge on any atom is -0.508 e. The summed E-state index contributed by atoms with van der Waals surface area (Å²) in [6, 6.07) is -4.40. The zero-order chi connectivity index (χ0) is 99.5. The van der Waals surface area contributed by atoms with Crippen LogP contribution < -0.4 is 85.5 Å². The molecule has 0 radical (unpaired) electrons. The Morgan fingerprint density at radius 1 is 0.429 bits per heavy atom. The lowest BCUT2D eigenvalue weighted by molar-refractivity contribution is -0.150. The van der Waals surface area contributed by atoms with Crippen molar-refractivity contribution in [2.24, 2.45) is 23.5 Å². The van der Waals surface area contributed by atoms with Gasteiger partial charge in [0, 0.05) is 57.7 Å². The fourth-order valence-corrected chi connectivity index (χ4v) is 14.1. The number of aliphatic carboxylic acids is 3. The number of carboxylic acid groups (broad SMARTS) is 3. The molecule has 17 amide bonds. The van der Waals surface area contributed by atoms with E-state index in [0.29, 0.717) is 36.9 Å². The number of carboxylic acids is 3. The molecule has 26 N–H and O–H groups in total. The number of phenols is 2. The molecule has 0 unspecified atom stereocenters.